The van der Waals surface area contributed by atoms with E-state index < -0.39 is 0 Å². The zero-order chi connectivity index (χ0) is 13.8. The van der Waals surface area contributed by atoms with Crippen molar-refractivity contribution >= 4 is 29.1 Å². The summed E-state index contributed by atoms with van der Waals surface area (Å²) < 4.78 is 0. The number of hydrogen-bond acceptors (Lipinski definition) is 2. The fourth-order valence-corrected chi connectivity index (χ4v) is 2.74. The van der Waals surface area contributed by atoms with Crippen molar-refractivity contribution in [3.8, 4) is 0 Å². The fraction of sp³-hybridized carbons (Fsp3) is 0.500. The van der Waals surface area contributed by atoms with E-state index >= 15 is 0 Å². The molecule has 0 saturated carbocycles. The third kappa shape index (κ3) is 3.62. The lowest BCUT2D eigenvalue weighted by Gasteiger charge is -2.25. The maximum absolute atomic E-state index is 12.5. The number of amides is 1. The predicted molar refractivity (Wildman–Crippen MR) is 79.1 cm³/mol. The second kappa shape index (κ2) is 6.60. The summed E-state index contributed by atoms with van der Waals surface area (Å²) in [7, 11) is 0. The van der Waals surface area contributed by atoms with Gasteiger partial charge in [-0.3, -0.25) is 4.79 Å². The van der Waals surface area contributed by atoms with E-state index in [-0.39, 0.29) is 5.91 Å². The Morgan fingerprint density at radius 3 is 2.89 bits per heavy atom. The summed E-state index contributed by atoms with van der Waals surface area (Å²) >= 11 is 12.0. The third-order valence-electron chi connectivity index (χ3n) is 3.43. The third-order valence-corrected chi connectivity index (χ3v) is 4.00. The van der Waals surface area contributed by atoms with Crippen LogP contribution in [0, 0.1) is 0 Å². The molecule has 0 radical (unpaired) electrons. The number of carbonyl (C=O) groups is 1. The van der Waals surface area contributed by atoms with E-state index in [1.54, 1.807) is 18.2 Å². The number of carbonyl (C=O) groups excluding carboxylic acids is 1. The Morgan fingerprint density at radius 2 is 2.26 bits per heavy atom. The zero-order valence-electron chi connectivity index (χ0n) is 11.0. The van der Waals surface area contributed by atoms with Crippen LogP contribution in [0.15, 0.2) is 18.2 Å². The molecule has 1 fully saturated rings. The molecule has 0 bridgehead atoms. The number of halogens is 2. The van der Waals surface area contributed by atoms with Gasteiger partial charge in [0.2, 0.25) is 0 Å². The van der Waals surface area contributed by atoms with Crippen molar-refractivity contribution in [3.05, 3.63) is 33.8 Å². The number of nitrogens with one attached hydrogen (secondary N) is 1. The predicted octanol–water partition coefficient (Wildman–Crippen LogP) is 3.21. The summed E-state index contributed by atoms with van der Waals surface area (Å²) in [4.78, 5) is 14.3. The molecule has 104 valence electrons. The Labute approximate surface area is 123 Å². The quantitative estimate of drug-likeness (QED) is 0.926. The van der Waals surface area contributed by atoms with Crippen LogP contribution >= 0.6 is 23.2 Å². The van der Waals surface area contributed by atoms with Crippen LogP contribution in [0.2, 0.25) is 10.0 Å². The molecule has 1 aromatic carbocycles. The Balaban J connectivity index is 2.12. The molecule has 0 aromatic heterocycles. The number of rotatable bonds is 4. The number of hydrogen-bond donors (Lipinski definition) is 1. The van der Waals surface area contributed by atoms with Gasteiger partial charge in [0.25, 0.3) is 5.91 Å². The minimum absolute atomic E-state index is 0.0521. The topological polar surface area (TPSA) is 32.3 Å². The molecule has 19 heavy (non-hydrogen) atoms. The van der Waals surface area contributed by atoms with Gasteiger partial charge in [0.1, 0.15) is 0 Å². The first kappa shape index (κ1) is 14.6. The fourth-order valence-electron chi connectivity index (χ4n) is 2.37. The lowest BCUT2D eigenvalue weighted by Crippen LogP contribution is -2.41. The molecule has 1 atom stereocenters. The second-order valence-electron chi connectivity index (χ2n) is 4.76. The molecule has 1 N–H and O–H groups in total. The van der Waals surface area contributed by atoms with E-state index in [9.17, 15) is 4.79 Å². The Bertz CT molecular complexity index is 459. The van der Waals surface area contributed by atoms with Crippen LogP contribution in [0.25, 0.3) is 0 Å². The van der Waals surface area contributed by atoms with Gasteiger partial charge < -0.3 is 10.2 Å². The summed E-state index contributed by atoms with van der Waals surface area (Å²) in [6.45, 7) is 4.40. The maximum Gasteiger partial charge on any atom is 0.255 e. The summed E-state index contributed by atoms with van der Waals surface area (Å²) in [6.07, 6.45) is 2.29. The smallest absolute Gasteiger partial charge is 0.255 e. The Hall–Kier alpha value is -0.770. The van der Waals surface area contributed by atoms with Gasteiger partial charge in [0.05, 0.1) is 10.6 Å². The monoisotopic (exact) mass is 300 g/mol. The lowest BCUT2D eigenvalue weighted by molar-refractivity contribution is 0.0751. The van der Waals surface area contributed by atoms with E-state index in [4.69, 9.17) is 23.2 Å². The lowest BCUT2D eigenvalue weighted by atomic mass is 10.1. The molecule has 0 spiro atoms. The van der Waals surface area contributed by atoms with Crippen molar-refractivity contribution in [1.82, 2.24) is 10.2 Å². The molecule has 2 rings (SSSR count). The van der Waals surface area contributed by atoms with E-state index in [2.05, 4.69) is 5.32 Å². The largest absolute Gasteiger partial charge is 0.337 e. The molecule has 1 saturated heterocycles. The molecule has 3 nitrogen and oxygen atoms in total. The van der Waals surface area contributed by atoms with Crippen LogP contribution in [-0.2, 0) is 0 Å². The van der Waals surface area contributed by atoms with Gasteiger partial charge in [-0.25, -0.2) is 0 Å². The molecule has 0 aliphatic carbocycles. The standard InChI is InChI=1S/C14H18Cl2N2O/c1-2-18(9-11-4-3-7-17-11)14(19)12-8-10(15)5-6-13(12)16/h5-6,8,11,17H,2-4,7,9H2,1H3. The first-order chi connectivity index (χ1) is 9.11. The van der Waals surface area contributed by atoms with Crippen LogP contribution in [0.4, 0.5) is 0 Å². The highest BCUT2D eigenvalue weighted by molar-refractivity contribution is 6.35. The molecule has 1 amide bonds. The summed E-state index contributed by atoms with van der Waals surface area (Å²) in [5, 5.41) is 4.38. The first-order valence-electron chi connectivity index (χ1n) is 6.59. The summed E-state index contributed by atoms with van der Waals surface area (Å²) in [5.41, 5.74) is 0.481. The van der Waals surface area contributed by atoms with Crippen LogP contribution < -0.4 is 5.32 Å². The van der Waals surface area contributed by atoms with Crippen LogP contribution in [-0.4, -0.2) is 36.5 Å². The highest BCUT2D eigenvalue weighted by Gasteiger charge is 2.22. The average molecular weight is 301 g/mol. The average Bonchev–Trinajstić information content (AvgIpc) is 2.91. The highest BCUT2D eigenvalue weighted by atomic mass is 35.5. The second-order valence-corrected chi connectivity index (χ2v) is 5.60. The van der Waals surface area contributed by atoms with Crippen molar-refractivity contribution in [1.29, 1.82) is 0 Å². The van der Waals surface area contributed by atoms with Crippen LogP contribution in [0.3, 0.4) is 0 Å². The van der Waals surface area contributed by atoms with Crippen LogP contribution in [0.1, 0.15) is 30.1 Å². The minimum Gasteiger partial charge on any atom is -0.337 e. The normalized spacial score (nSPS) is 18.6. The molecule has 1 unspecified atom stereocenters. The first-order valence-corrected chi connectivity index (χ1v) is 7.35. The van der Waals surface area contributed by atoms with Gasteiger partial charge >= 0.3 is 0 Å². The van der Waals surface area contributed by atoms with Gasteiger partial charge in [-0.1, -0.05) is 23.2 Å². The Kier molecular flexibility index (Phi) is 5.08. The molecular formula is C14H18Cl2N2O. The maximum atomic E-state index is 12.5. The summed E-state index contributed by atoms with van der Waals surface area (Å²) in [6, 6.07) is 5.38. The van der Waals surface area contributed by atoms with Gasteiger partial charge in [-0.05, 0) is 44.5 Å². The highest BCUT2D eigenvalue weighted by Crippen LogP contribution is 2.22. The van der Waals surface area contributed by atoms with Crippen molar-refractivity contribution < 1.29 is 4.79 Å². The van der Waals surface area contributed by atoms with E-state index in [0.717, 1.165) is 19.5 Å². The van der Waals surface area contributed by atoms with Gasteiger partial charge in [0.15, 0.2) is 0 Å². The molecule has 1 aliphatic heterocycles. The molecule has 1 heterocycles. The molecular weight excluding hydrogens is 283 g/mol. The van der Waals surface area contributed by atoms with E-state index in [1.165, 1.54) is 6.42 Å². The van der Waals surface area contributed by atoms with E-state index in [0.29, 0.717) is 28.2 Å². The number of nitrogens with zero attached hydrogens (tertiary/aromatic N) is 1. The molecule has 1 aromatic rings. The van der Waals surface area contributed by atoms with Gasteiger partial charge in [-0.15, -0.1) is 0 Å². The zero-order valence-corrected chi connectivity index (χ0v) is 12.5. The van der Waals surface area contributed by atoms with Crippen LogP contribution in [0.5, 0.6) is 0 Å². The molecule has 1 aliphatic rings. The van der Waals surface area contributed by atoms with Crippen molar-refractivity contribution in [2.45, 2.75) is 25.8 Å². The Morgan fingerprint density at radius 1 is 1.47 bits per heavy atom. The minimum atomic E-state index is -0.0521. The van der Waals surface area contributed by atoms with Crippen molar-refractivity contribution in [2.24, 2.45) is 0 Å². The SMILES string of the molecule is CCN(CC1CCCN1)C(=O)c1cc(Cl)ccc1Cl. The van der Waals surface area contributed by atoms with E-state index in [1.807, 2.05) is 11.8 Å². The summed E-state index contributed by atoms with van der Waals surface area (Å²) in [5.74, 6) is -0.0521. The van der Waals surface area contributed by atoms with Gasteiger partial charge in [0, 0.05) is 24.2 Å². The van der Waals surface area contributed by atoms with Crippen molar-refractivity contribution in [2.75, 3.05) is 19.6 Å². The van der Waals surface area contributed by atoms with Crippen molar-refractivity contribution in [3.63, 3.8) is 0 Å². The molecule has 5 heteroatoms. The number of benzene rings is 1. The number of likely N-dealkylation sites (N-methyl/N-ethyl adjacent to an activating group) is 1. The van der Waals surface area contributed by atoms with Gasteiger partial charge in [-0.2, -0.15) is 0 Å².